The third-order valence-corrected chi connectivity index (χ3v) is 2.61. The molecule has 0 spiro atoms. The zero-order valence-electron chi connectivity index (χ0n) is 12.3. The van der Waals surface area contributed by atoms with E-state index in [1.54, 1.807) is 19.1 Å². The third kappa shape index (κ3) is 4.30. The van der Waals surface area contributed by atoms with E-state index in [0.717, 1.165) is 0 Å². The first-order valence-corrected chi connectivity index (χ1v) is 6.61. The highest BCUT2D eigenvalue weighted by Crippen LogP contribution is 2.30. The van der Waals surface area contributed by atoms with Crippen molar-refractivity contribution in [1.82, 2.24) is 4.98 Å². The van der Waals surface area contributed by atoms with Crippen molar-refractivity contribution in [2.45, 2.75) is 6.92 Å². The maximum atomic E-state index is 11.2. The van der Waals surface area contributed by atoms with Crippen molar-refractivity contribution in [3.63, 3.8) is 0 Å². The average molecular weight is 317 g/mol. The number of nitrogens with two attached hydrogens (primary N) is 2. The topological polar surface area (TPSA) is 145 Å². The van der Waals surface area contributed by atoms with Gasteiger partial charge in [0.2, 0.25) is 0 Å². The molecule has 0 saturated heterocycles. The second kappa shape index (κ2) is 7.07. The summed E-state index contributed by atoms with van der Waals surface area (Å²) in [4.78, 5) is 14.9. The van der Waals surface area contributed by atoms with Crippen molar-refractivity contribution < 1.29 is 19.4 Å². The number of benzene rings is 1. The molecule has 2 rings (SSSR count). The summed E-state index contributed by atoms with van der Waals surface area (Å²) in [5, 5.41) is 17.3. The Labute approximate surface area is 131 Å². The lowest BCUT2D eigenvalue weighted by Crippen LogP contribution is -2.09. The standard InChI is InChI=1S/C14H15N5O4/c1-2-22-14(21)23-9-5-3-8(4-6-9)18-19-10-7-11(20)13(16)17-12(10)15/h3-7,20H,2H2,1H3,(H4,15,16,17). The molecule has 1 aromatic carbocycles. The first-order valence-electron chi connectivity index (χ1n) is 6.61. The molecule has 0 radical (unpaired) electrons. The van der Waals surface area contributed by atoms with E-state index in [0.29, 0.717) is 11.4 Å². The van der Waals surface area contributed by atoms with Crippen molar-refractivity contribution >= 4 is 29.2 Å². The number of aromatic nitrogens is 1. The number of ether oxygens (including phenoxy) is 2. The van der Waals surface area contributed by atoms with Crippen molar-refractivity contribution in [3.05, 3.63) is 30.3 Å². The molecule has 9 heteroatoms. The summed E-state index contributed by atoms with van der Waals surface area (Å²) in [7, 11) is 0. The van der Waals surface area contributed by atoms with Gasteiger partial charge in [-0.1, -0.05) is 0 Å². The van der Waals surface area contributed by atoms with Gasteiger partial charge < -0.3 is 26.0 Å². The van der Waals surface area contributed by atoms with Gasteiger partial charge in [0.25, 0.3) is 0 Å². The van der Waals surface area contributed by atoms with Gasteiger partial charge in [-0.3, -0.25) is 0 Å². The van der Waals surface area contributed by atoms with Gasteiger partial charge >= 0.3 is 6.16 Å². The van der Waals surface area contributed by atoms with Crippen molar-refractivity contribution in [3.8, 4) is 11.5 Å². The number of nitrogens with zero attached hydrogens (tertiary/aromatic N) is 3. The Kier molecular flexibility index (Phi) is 4.92. The van der Waals surface area contributed by atoms with Crippen LogP contribution < -0.4 is 16.2 Å². The number of nitrogen functional groups attached to an aromatic ring is 2. The van der Waals surface area contributed by atoms with Gasteiger partial charge in [-0.2, -0.15) is 5.11 Å². The number of pyridine rings is 1. The van der Waals surface area contributed by atoms with Gasteiger partial charge in [0.05, 0.1) is 12.3 Å². The number of hydrogen-bond donors (Lipinski definition) is 3. The van der Waals surface area contributed by atoms with Crippen LogP contribution in [0.4, 0.5) is 27.8 Å². The number of aromatic hydroxyl groups is 1. The van der Waals surface area contributed by atoms with Gasteiger partial charge in [0, 0.05) is 6.07 Å². The second-order valence-electron chi connectivity index (χ2n) is 4.28. The molecule has 0 bridgehead atoms. The Bertz CT molecular complexity index is 731. The molecule has 0 atom stereocenters. The zero-order chi connectivity index (χ0) is 16.8. The van der Waals surface area contributed by atoms with E-state index >= 15 is 0 Å². The molecule has 0 amide bonds. The van der Waals surface area contributed by atoms with Crippen LogP contribution in [-0.2, 0) is 4.74 Å². The van der Waals surface area contributed by atoms with Crippen LogP contribution in [0.5, 0.6) is 11.5 Å². The lowest BCUT2D eigenvalue weighted by molar-refractivity contribution is 0.104. The Morgan fingerprint density at radius 1 is 1.22 bits per heavy atom. The molecule has 120 valence electrons. The zero-order valence-corrected chi connectivity index (χ0v) is 12.3. The van der Waals surface area contributed by atoms with Crippen molar-refractivity contribution in [2.75, 3.05) is 18.1 Å². The fraction of sp³-hybridized carbons (Fsp3) is 0.143. The summed E-state index contributed by atoms with van der Waals surface area (Å²) in [6, 6.07) is 7.50. The number of rotatable bonds is 4. The summed E-state index contributed by atoms with van der Waals surface area (Å²) >= 11 is 0. The van der Waals surface area contributed by atoms with E-state index in [4.69, 9.17) is 16.2 Å². The van der Waals surface area contributed by atoms with Crippen LogP contribution in [0.15, 0.2) is 40.6 Å². The first kappa shape index (κ1) is 16.0. The summed E-state index contributed by atoms with van der Waals surface area (Å²) in [5.74, 6) is 0.0493. The molecule has 1 aromatic heterocycles. The summed E-state index contributed by atoms with van der Waals surface area (Å²) in [6.07, 6.45) is -0.780. The normalized spacial score (nSPS) is 10.7. The van der Waals surface area contributed by atoms with Crippen LogP contribution in [0.3, 0.4) is 0 Å². The Morgan fingerprint density at radius 3 is 2.57 bits per heavy atom. The Hall–Kier alpha value is -3.36. The highest BCUT2D eigenvalue weighted by atomic mass is 16.7. The predicted octanol–water partition coefficient (Wildman–Crippen LogP) is 2.90. The molecule has 0 aliphatic carbocycles. The van der Waals surface area contributed by atoms with Crippen LogP contribution in [0.2, 0.25) is 0 Å². The average Bonchev–Trinajstić information content (AvgIpc) is 2.51. The summed E-state index contributed by atoms with van der Waals surface area (Å²) in [6.45, 7) is 1.91. The second-order valence-corrected chi connectivity index (χ2v) is 4.28. The molecule has 0 fully saturated rings. The summed E-state index contributed by atoms with van der Waals surface area (Å²) in [5.41, 5.74) is 11.7. The van der Waals surface area contributed by atoms with Crippen LogP contribution in [-0.4, -0.2) is 22.9 Å². The van der Waals surface area contributed by atoms with Crippen LogP contribution in [0.1, 0.15) is 6.92 Å². The maximum absolute atomic E-state index is 11.2. The number of carbonyl (C=O) groups excluding carboxylic acids is 1. The molecular weight excluding hydrogens is 302 g/mol. The van der Waals surface area contributed by atoms with Gasteiger partial charge in [-0.25, -0.2) is 9.78 Å². The molecule has 0 aliphatic rings. The van der Waals surface area contributed by atoms with Crippen LogP contribution in [0, 0.1) is 0 Å². The molecule has 23 heavy (non-hydrogen) atoms. The minimum absolute atomic E-state index is 0.0475. The fourth-order valence-electron chi connectivity index (χ4n) is 1.54. The molecule has 5 N–H and O–H groups in total. The fourth-order valence-corrected chi connectivity index (χ4v) is 1.54. The molecular formula is C14H15N5O4. The number of hydrogen-bond acceptors (Lipinski definition) is 9. The Balaban J connectivity index is 2.09. The van der Waals surface area contributed by atoms with Gasteiger partial charge in [0.1, 0.15) is 11.4 Å². The van der Waals surface area contributed by atoms with Crippen LogP contribution in [0.25, 0.3) is 0 Å². The molecule has 0 aliphatic heterocycles. The predicted molar refractivity (Wildman–Crippen MR) is 83.0 cm³/mol. The van der Waals surface area contributed by atoms with Gasteiger partial charge in [-0.15, -0.1) is 5.11 Å². The van der Waals surface area contributed by atoms with Gasteiger partial charge in [-0.05, 0) is 31.2 Å². The largest absolute Gasteiger partial charge is 0.513 e. The number of azo groups is 1. The third-order valence-electron chi connectivity index (χ3n) is 2.61. The Morgan fingerprint density at radius 2 is 1.91 bits per heavy atom. The highest BCUT2D eigenvalue weighted by molar-refractivity contribution is 5.66. The monoisotopic (exact) mass is 317 g/mol. The van der Waals surface area contributed by atoms with E-state index in [9.17, 15) is 9.90 Å². The molecule has 1 heterocycles. The van der Waals surface area contributed by atoms with Crippen LogP contribution >= 0.6 is 0 Å². The minimum atomic E-state index is -0.780. The van der Waals surface area contributed by atoms with Crippen molar-refractivity contribution in [1.29, 1.82) is 0 Å². The van der Waals surface area contributed by atoms with E-state index in [1.807, 2.05) is 0 Å². The maximum Gasteiger partial charge on any atom is 0.513 e. The minimum Gasteiger partial charge on any atom is -0.504 e. The van der Waals surface area contributed by atoms with E-state index in [1.165, 1.54) is 18.2 Å². The summed E-state index contributed by atoms with van der Waals surface area (Å²) < 4.78 is 9.57. The smallest absolute Gasteiger partial charge is 0.504 e. The van der Waals surface area contributed by atoms with E-state index in [-0.39, 0.29) is 29.7 Å². The number of anilines is 2. The molecule has 0 unspecified atom stereocenters. The highest BCUT2D eigenvalue weighted by Gasteiger charge is 2.06. The molecule has 2 aromatic rings. The quantitative estimate of drug-likeness (QED) is 0.446. The van der Waals surface area contributed by atoms with E-state index in [2.05, 4.69) is 19.9 Å². The van der Waals surface area contributed by atoms with E-state index < -0.39 is 6.16 Å². The molecule has 9 nitrogen and oxygen atoms in total. The first-order chi connectivity index (χ1) is 11.0. The lowest BCUT2D eigenvalue weighted by atomic mass is 10.3. The molecule has 0 saturated carbocycles. The lowest BCUT2D eigenvalue weighted by Gasteiger charge is -2.04. The van der Waals surface area contributed by atoms with Gasteiger partial charge in [0.15, 0.2) is 17.4 Å². The SMILES string of the molecule is CCOC(=O)Oc1ccc(N=Nc2cc(O)c(N)nc2N)cc1. The van der Waals surface area contributed by atoms with Crippen molar-refractivity contribution in [2.24, 2.45) is 10.2 Å². The number of carbonyl (C=O) groups is 1.